The molecular formula is C35H62O10. The monoisotopic (exact) mass is 642 g/mol. The smallest absolute Gasteiger partial charge is 0.306 e. The van der Waals surface area contributed by atoms with Crippen LogP contribution in [0.3, 0.4) is 0 Å². The lowest BCUT2D eigenvalue weighted by molar-refractivity contribution is -0.305. The molecule has 45 heavy (non-hydrogen) atoms. The number of carbonyl (C=O) groups excluding carboxylic acids is 2. The molecule has 1 unspecified atom stereocenters. The van der Waals surface area contributed by atoms with Crippen LogP contribution in [0.15, 0.2) is 24.3 Å². The van der Waals surface area contributed by atoms with Gasteiger partial charge in [-0.2, -0.15) is 0 Å². The second kappa shape index (κ2) is 27.3. The first-order valence-corrected chi connectivity index (χ1v) is 17.4. The first-order chi connectivity index (χ1) is 21.8. The molecule has 1 aliphatic heterocycles. The lowest BCUT2D eigenvalue weighted by atomic mass is 9.99. The molecule has 0 amide bonds. The molecule has 1 aliphatic rings. The summed E-state index contributed by atoms with van der Waals surface area (Å²) in [6.45, 7) is 3.25. The van der Waals surface area contributed by atoms with E-state index in [1.165, 1.54) is 25.7 Å². The standard InChI is InChI=1S/C35H62O10/c1-3-5-7-9-10-11-12-13-14-15-16-17-18-20-22-24-31(38)44-28(26-42-30(37)23-21-19-8-6-4-2)27-43-35-34(41)33(40)32(39)29(25-36)45-35/h10-11,13-14,28-29,32-36,39-41H,3-9,12,15-27H2,1-2H3/b11-10+,14-13+/t28?,29-,32-,33+,34-,35-/m1/s1. The molecule has 4 N–H and O–H groups in total. The highest BCUT2D eigenvalue weighted by Crippen LogP contribution is 2.22. The van der Waals surface area contributed by atoms with Gasteiger partial charge in [0, 0.05) is 12.8 Å². The zero-order valence-corrected chi connectivity index (χ0v) is 27.9. The van der Waals surface area contributed by atoms with Crippen molar-refractivity contribution in [1.29, 1.82) is 0 Å². The maximum absolute atomic E-state index is 12.6. The molecule has 0 bridgehead atoms. The van der Waals surface area contributed by atoms with Crippen molar-refractivity contribution in [1.82, 2.24) is 0 Å². The Morgan fingerprint density at radius 1 is 0.689 bits per heavy atom. The topological polar surface area (TPSA) is 152 Å². The Hall–Kier alpha value is -1.82. The van der Waals surface area contributed by atoms with Crippen molar-refractivity contribution in [3.8, 4) is 0 Å². The largest absolute Gasteiger partial charge is 0.462 e. The maximum atomic E-state index is 12.6. The van der Waals surface area contributed by atoms with Gasteiger partial charge in [-0.1, -0.05) is 95.9 Å². The maximum Gasteiger partial charge on any atom is 0.306 e. The summed E-state index contributed by atoms with van der Waals surface area (Å²) in [7, 11) is 0. The Bertz CT molecular complexity index is 799. The number of aliphatic hydroxyl groups is 4. The van der Waals surface area contributed by atoms with Gasteiger partial charge in [0.2, 0.25) is 0 Å². The number of rotatable bonds is 27. The van der Waals surface area contributed by atoms with Crippen molar-refractivity contribution >= 4 is 11.9 Å². The van der Waals surface area contributed by atoms with E-state index in [2.05, 4.69) is 38.2 Å². The first kappa shape index (κ1) is 41.2. The van der Waals surface area contributed by atoms with Crippen LogP contribution < -0.4 is 0 Å². The lowest BCUT2D eigenvalue weighted by Crippen LogP contribution is -2.59. The van der Waals surface area contributed by atoms with Gasteiger partial charge in [0.25, 0.3) is 0 Å². The van der Waals surface area contributed by atoms with Crippen LogP contribution in [0.1, 0.15) is 129 Å². The zero-order chi connectivity index (χ0) is 33.1. The predicted molar refractivity (Wildman–Crippen MR) is 173 cm³/mol. The minimum atomic E-state index is -1.59. The Kier molecular flexibility index (Phi) is 25.0. The van der Waals surface area contributed by atoms with E-state index < -0.39 is 55.4 Å². The van der Waals surface area contributed by atoms with Gasteiger partial charge in [0.15, 0.2) is 12.4 Å². The van der Waals surface area contributed by atoms with Crippen LogP contribution >= 0.6 is 0 Å². The highest BCUT2D eigenvalue weighted by atomic mass is 16.7. The molecule has 0 spiro atoms. The van der Waals surface area contributed by atoms with Crippen molar-refractivity contribution in [2.24, 2.45) is 0 Å². The molecule has 6 atom stereocenters. The van der Waals surface area contributed by atoms with Gasteiger partial charge in [-0.25, -0.2) is 0 Å². The van der Waals surface area contributed by atoms with Crippen molar-refractivity contribution in [3.63, 3.8) is 0 Å². The predicted octanol–water partition coefficient (Wildman–Crippen LogP) is 5.43. The van der Waals surface area contributed by atoms with Crippen LogP contribution in [-0.2, 0) is 28.5 Å². The normalized spacial score (nSPS) is 22.7. The van der Waals surface area contributed by atoms with E-state index in [1.807, 2.05) is 0 Å². The highest BCUT2D eigenvalue weighted by molar-refractivity contribution is 5.70. The van der Waals surface area contributed by atoms with E-state index in [9.17, 15) is 30.0 Å². The van der Waals surface area contributed by atoms with E-state index >= 15 is 0 Å². The van der Waals surface area contributed by atoms with Gasteiger partial charge in [-0.05, 0) is 44.9 Å². The van der Waals surface area contributed by atoms with E-state index in [4.69, 9.17) is 18.9 Å². The van der Waals surface area contributed by atoms with Gasteiger partial charge in [-0.15, -0.1) is 0 Å². The molecular weight excluding hydrogens is 580 g/mol. The van der Waals surface area contributed by atoms with Crippen LogP contribution in [0.25, 0.3) is 0 Å². The molecule has 10 nitrogen and oxygen atoms in total. The number of esters is 2. The summed E-state index contributed by atoms with van der Waals surface area (Å²) in [6.07, 6.45) is 18.1. The molecule has 0 aromatic rings. The molecule has 1 saturated heterocycles. The van der Waals surface area contributed by atoms with Gasteiger partial charge in [0.1, 0.15) is 31.0 Å². The molecule has 0 saturated carbocycles. The van der Waals surface area contributed by atoms with Crippen LogP contribution in [0.2, 0.25) is 0 Å². The number of carbonyl (C=O) groups is 2. The number of hydrogen-bond donors (Lipinski definition) is 4. The van der Waals surface area contributed by atoms with Crippen LogP contribution in [0.5, 0.6) is 0 Å². The van der Waals surface area contributed by atoms with Gasteiger partial charge in [-0.3, -0.25) is 9.59 Å². The fourth-order valence-electron chi connectivity index (χ4n) is 4.98. The SMILES string of the molecule is CCCCC/C=C/C/C=C/CCCCCCCC(=O)OC(COC(=O)CCCCCCC)CO[C@@H]1O[C@H](CO)[C@@H](O)[C@H](O)[C@H]1O. The summed E-state index contributed by atoms with van der Waals surface area (Å²) >= 11 is 0. The molecule has 262 valence electrons. The second-order valence-electron chi connectivity index (χ2n) is 12.0. The summed E-state index contributed by atoms with van der Waals surface area (Å²) in [5, 5.41) is 39.7. The number of ether oxygens (including phenoxy) is 4. The molecule has 10 heteroatoms. The molecule has 1 fully saturated rings. The third-order valence-corrected chi connectivity index (χ3v) is 7.84. The average molecular weight is 643 g/mol. The third kappa shape index (κ3) is 20.1. The van der Waals surface area contributed by atoms with Gasteiger partial charge < -0.3 is 39.4 Å². The molecule has 1 heterocycles. The molecule has 1 rings (SSSR count). The Labute approximate surface area is 271 Å². The quantitative estimate of drug-likeness (QED) is 0.0518. The van der Waals surface area contributed by atoms with Gasteiger partial charge >= 0.3 is 11.9 Å². The highest BCUT2D eigenvalue weighted by Gasteiger charge is 2.44. The summed E-state index contributed by atoms with van der Waals surface area (Å²) in [4.78, 5) is 24.8. The number of hydrogen-bond acceptors (Lipinski definition) is 10. The summed E-state index contributed by atoms with van der Waals surface area (Å²) in [5.41, 5.74) is 0. The van der Waals surface area contributed by atoms with Crippen LogP contribution in [-0.4, -0.2) is 89.0 Å². The third-order valence-electron chi connectivity index (χ3n) is 7.84. The van der Waals surface area contributed by atoms with Crippen LogP contribution in [0.4, 0.5) is 0 Å². The van der Waals surface area contributed by atoms with E-state index in [0.717, 1.165) is 70.6 Å². The molecule has 0 aromatic carbocycles. The first-order valence-electron chi connectivity index (χ1n) is 17.4. The fraction of sp³-hybridized carbons (Fsp3) is 0.829. The van der Waals surface area contributed by atoms with Crippen molar-refractivity contribution in [3.05, 3.63) is 24.3 Å². The van der Waals surface area contributed by atoms with Gasteiger partial charge in [0.05, 0.1) is 13.2 Å². The number of aliphatic hydroxyl groups excluding tert-OH is 4. The summed E-state index contributed by atoms with van der Waals surface area (Å²) in [5.74, 6) is -0.840. The summed E-state index contributed by atoms with van der Waals surface area (Å²) in [6, 6.07) is 0. The lowest BCUT2D eigenvalue weighted by Gasteiger charge is -2.39. The Morgan fingerprint density at radius 2 is 1.24 bits per heavy atom. The Morgan fingerprint density at radius 3 is 1.89 bits per heavy atom. The molecule has 0 radical (unpaired) electrons. The summed E-state index contributed by atoms with van der Waals surface area (Å²) < 4.78 is 21.8. The minimum Gasteiger partial charge on any atom is -0.462 e. The number of unbranched alkanes of at least 4 members (excludes halogenated alkanes) is 12. The van der Waals surface area contributed by atoms with E-state index in [0.29, 0.717) is 6.42 Å². The second-order valence-corrected chi connectivity index (χ2v) is 12.0. The molecule has 0 aromatic heterocycles. The van der Waals surface area contributed by atoms with Crippen molar-refractivity contribution in [2.45, 2.75) is 166 Å². The van der Waals surface area contributed by atoms with E-state index in [-0.39, 0.29) is 26.1 Å². The zero-order valence-electron chi connectivity index (χ0n) is 27.9. The minimum absolute atomic E-state index is 0.215. The van der Waals surface area contributed by atoms with Crippen molar-refractivity contribution in [2.75, 3.05) is 19.8 Å². The fourth-order valence-corrected chi connectivity index (χ4v) is 4.98. The van der Waals surface area contributed by atoms with E-state index in [1.54, 1.807) is 0 Å². The van der Waals surface area contributed by atoms with Crippen molar-refractivity contribution < 1.29 is 49.0 Å². The average Bonchev–Trinajstić information content (AvgIpc) is 3.03. The number of allylic oxidation sites excluding steroid dienone is 4. The van der Waals surface area contributed by atoms with Crippen LogP contribution in [0, 0.1) is 0 Å². The molecule has 0 aliphatic carbocycles. The Balaban J connectivity index is 2.40.